The molecular formula is C16H15Cl2N7O2. The fourth-order valence-corrected chi connectivity index (χ4v) is 3.35. The molecule has 0 unspecified atom stereocenters. The largest absolute Gasteiger partial charge is 0.421 e. The number of fused-ring (bicyclic) bond motifs is 1. The van der Waals surface area contributed by atoms with Gasteiger partial charge in [0.05, 0.1) is 22.8 Å². The second-order valence-corrected chi connectivity index (χ2v) is 6.73. The van der Waals surface area contributed by atoms with E-state index in [0.29, 0.717) is 53.8 Å². The van der Waals surface area contributed by atoms with Crippen LogP contribution in [0.3, 0.4) is 0 Å². The van der Waals surface area contributed by atoms with Gasteiger partial charge in [-0.05, 0) is 0 Å². The Balaban J connectivity index is 1.72. The molecule has 27 heavy (non-hydrogen) atoms. The Hall–Kier alpha value is -2.65. The summed E-state index contributed by atoms with van der Waals surface area (Å²) in [5, 5.41) is 1.25. The first kappa shape index (κ1) is 17.7. The topological polar surface area (TPSA) is 100 Å². The molecule has 0 atom stereocenters. The van der Waals surface area contributed by atoms with Gasteiger partial charge in [0.2, 0.25) is 5.91 Å². The van der Waals surface area contributed by atoms with Crippen LogP contribution in [-0.4, -0.2) is 61.9 Å². The lowest BCUT2D eigenvalue weighted by Crippen LogP contribution is -2.48. The lowest BCUT2D eigenvalue weighted by molar-refractivity contribution is -0.129. The van der Waals surface area contributed by atoms with Crippen LogP contribution in [0.25, 0.3) is 11.0 Å². The highest BCUT2D eigenvalue weighted by Crippen LogP contribution is 2.37. The molecule has 9 nitrogen and oxygen atoms in total. The Labute approximate surface area is 164 Å². The fraction of sp³-hybridized carbons (Fsp3) is 0.312. The summed E-state index contributed by atoms with van der Waals surface area (Å²) in [6.45, 7) is 3.98. The SMILES string of the molecule is CC(=O)N1CCN(c2nc(Oc3cncnc3)nc3[nH]c(Cl)c(Cl)c23)CC1. The molecule has 4 heterocycles. The summed E-state index contributed by atoms with van der Waals surface area (Å²) in [7, 11) is 0. The number of nitrogens with one attached hydrogen (secondary N) is 1. The van der Waals surface area contributed by atoms with Crippen LogP contribution < -0.4 is 9.64 Å². The van der Waals surface area contributed by atoms with Crippen molar-refractivity contribution in [2.75, 3.05) is 31.1 Å². The van der Waals surface area contributed by atoms with Crippen molar-refractivity contribution < 1.29 is 9.53 Å². The number of aromatic nitrogens is 5. The maximum atomic E-state index is 11.6. The van der Waals surface area contributed by atoms with Crippen molar-refractivity contribution in [1.29, 1.82) is 0 Å². The highest BCUT2D eigenvalue weighted by molar-refractivity contribution is 6.45. The van der Waals surface area contributed by atoms with Crippen LogP contribution in [0, 0.1) is 0 Å². The van der Waals surface area contributed by atoms with Gasteiger partial charge in [0.15, 0.2) is 5.75 Å². The number of carbonyl (C=O) groups is 1. The standard InChI is InChI=1S/C16H15Cl2N7O2/c1-9(26)24-2-4-25(5-3-24)15-11-12(17)13(18)21-14(11)22-16(23-15)27-10-6-19-8-20-7-10/h6-8H,2-5H2,1H3,(H,21,22,23). The van der Waals surface area contributed by atoms with Crippen LogP contribution in [0.1, 0.15) is 6.92 Å². The zero-order valence-electron chi connectivity index (χ0n) is 14.3. The average Bonchev–Trinajstić information content (AvgIpc) is 2.96. The minimum absolute atomic E-state index is 0.0540. The number of ether oxygens (including phenoxy) is 1. The van der Waals surface area contributed by atoms with Crippen molar-refractivity contribution in [2.24, 2.45) is 0 Å². The number of nitrogens with zero attached hydrogens (tertiary/aromatic N) is 6. The minimum Gasteiger partial charge on any atom is -0.421 e. The number of H-pyrrole nitrogens is 1. The molecule has 0 spiro atoms. The maximum Gasteiger partial charge on any atom is 0.326 e. The van der Waals surface area contributed by atoms with Crippen LogP contribution in [0.4, 0.5) is 5.82 Å². The van der Waals surface area contributed by atoms with Crippen molar-refractivity contribution in [1.82, 2.24) is 29.8 Å². The van der Waals surface area contributed by atoms with E-state index in [-0.39, 0.29) is 17.1 Å². The van der Waals surface area contributed by atoms with Crippen LogP contribution in [0.15, 0.2) is 18.7 Å². The quantitative estimate of drug-likeness (QED) is 0.711. The summed E-state index contributed by atoms with van der Waals surface area (Å²) in [6, 6.07) is 0.121. The van der Waals surface area contributed by atoms with Gasteiger partial charge in [0.1, 0.15) is 22.9 Å². The summed E-state index contributed by atoms with van der Waals surface area (Å²) in [5.41, 5.74) is 0.468. The monoisotopic (exact) mass is 407 g/mol. The second kappa shape index (κ2) is 7.16. The smallest absolute Gasteiger partial charge is 0.326 e. The molecule has 11 heteroatoms. The molecular weight excluding hydrogens is 393 g/mol. The fourth-order valence-electron chi connectivity index (χ4n) is 2.94. The van der Waals surface area contributed by atoms with Gasteiger partial charge in [-0.1, -0.05) is 23.2 Å². The van der Waals surface area contributed by atoms with E-state index in [2.05, 4.69) is 24.9 Å². The van der Waals surface area contributed by atoms with Crippen LogP contribution >= 0.6 is 23.2 Å². The van der Waals surface area contributed by atoms with Crippen LogP contribution in [0.2, 0.25) is 10.2 Å². The van der Waals surface area contributed by atoms with Gasteiger partial charge in [-0.2, -0.15) is 9.97 Å². The first-order chi connectivity index (χ1) is 13.0. The van der Waals surface area contributed by atoms with E-state index in [9.17, 15) is 4.79 Å². The molecule has 3 aromatic heterocycles. The zero-order chi connectivity index (χ0) is 19.0. The summed E-state index contributed by atoms with van der Waals surface area (Å²) in [4.78, 5) is 35.0. The molecule has 1 aliphatic heterocycles. The molecule has 0 aromatic carbocycles. The Bertz CT molecular complexity index is 987. The number of aromatic amines is 1. The van der Waals surface area contributed by atoms with E-state index < -0.39 is 0 Å². The normalized spacial score (nSPS) is 14.6. The van der Waals surface area contributed by atoms with E-state index in [4.69, 9.17) is 27.9 Å². The van der Waals surface area contributed by atoms with Crippen molar-refractivity contribution in [3.05, 3.63) is 28.9 Å². The number of halogens is 2. The molecule has 1 N–H and O–H groups in total. The van der Waals surface area contributed by atoms with Gasteiger partial charge in [0, 0.05) is 33.1 Å². The van der Waals surface area contributed by atoms with Crippen LogP contribution in [-0.2, 0) is 4.79 Å². The lowest BCUT2D eigenvalue weighted by atomic mass is 10.2. The summed E-state index contributed by atoms with van der Waals surface area (Å²) in [5.74, 6) is 1.06. The first-order valence-electron chi connectivity index (χ1n) is 8.21. The third-order valence-electron chi connectivity index (χ3n) is 4.28. The first-order valence-corrected chi connectivity index (χ1v) is 8.96. The molecule has 0 aliphatic carbocycles. The molecule has 0 bridgehead atoms. The van der Waals surface area contributed by atoms with Gasteiger partial charge < -0.3 is 19.5 Å². The molecule has 3 aromatic rings. The lowest BCUT2D eigenvalue weighted by Gasteiger charge is -2.35. The second-order valence-electron chi connectivity index (χ2n) is 5.98. The molecule has 1 amide bonds. The molecule has 0 saturated carbocycles. The molecule has 0 radical (unpaired) electrons. The number of piperazine rings is 1. The zero-order valence-corrected chi connectivity index (χ0v) is 15.8. The van der Waals surface area contributed by atoms with Gasteiger partial charge in [-0.25, -0.2) is 9.97 Å². The van der Waals surface area contributed by atoms with E-state index >= 15 is 0 Å². The number of anilines is 1. The van der Waals surface area contributed by atoms with E-state index in [1.807, 2.05) is 4.90 Å². The van der Waals surface area contributed by atoms with Gasteiger partial charge in [-0.15, -0.1) is 0 Å². The Morgan fingerprint density at radius 2 is 1.85 bits per heavy atom. The number of hydrogen-bond donors (Lipinski definition) is 1. The predicted molar refractivity (Wildman–Crippen MR) is 100 cm³/mol. The average molecular weight is 408 g/mol. The molecule has 4 rings (SSSR count). The van der Waals surface area contributed by atoms with Gasteiger partial charge in [-0.3, -0.25) is 4.79 Å². The number of carbonyl (C=O) groups excluding carboxylic acids is 1. The number of hydrogen-bond acceptors (Lipinski definition) is 7. The van der Waals surface area contributed by atoms with E-state index in [1.165, 1.54) is 18.7 Å². The van der Waals surface area contributed by atoms with Crippen molar-refractivity contribution in [3.8, 4) is 11.8 Å². The number of rotatable bonds is 3. The Morgan fingerprint density at radius 1 is 1.15 bits per heavy atom. The Kier molecular flexibility index (Phi) is 4.71. The Morgan fingerprint density at radius 3 is 2.52 bits per heavy atom. The summed E-state index contributed by atoms with van der Waals surface area (Å²) >= 11 is 12.5. The van der Waals surface area contributed by atoms with Crippen molar-refractivity contribution >= 4 is 46.0 Å². The third kappa shape index (κ3) is 3.47. The van der Waals surface area contributed by atoms with Crippen molar-refractivity contribution in [2.45, 2.75) is 6.92 Å². The predicted octanol–water partition coefficient (Wildman–Crippen LogP) is 2.52. The highest BCUT2D eigenvalue weighted by atomic mass is 35.5. The molecule has 140 valence electrons. The van der Waals surface area contributed by atoms with E-state index in [0.717, 1.165) is 0 Å². The summed E-state index contributed by atoms with van der Waals surface area (Å²) in [6.07, 6.45) is 4.43. The van der Waals surface area contributed by atoms with E-state index in [1.54, 1.807) is 11.8 Å². The van der Waals surface area contributed by atoms with Crippen molar-refractivity contribution in [3.63, 3.8) is 0 Å². The summed E-state index contributed by atoms with van der Waals surface area (Å²) < 4.78 is 5.68. The molecule has 1 saturated heterocycles. The third-order valence-corrected chi connectivity index (χ3v) is 5.04. The molecule has 1 fully saturated rings. The maximum absolute atomic E-state index is 11.6. The minimum atomic E-state index is 0.0540. The van der Waals surface area contributed by atoms with Gasteiger partial charge in [0.25, 0.3) is 0 Å². The highest BCUT2D eigenvalue weighted by Gasteiger charge is 2.25. The van der Waals surface area contributed by atoms with Crippen LogP contribution in [0.5, 0.6) is 11.8 Å². The molecule has 1 aliphatic rings. The number of amides is 1. The van der Waals surface area contributed by atoms with Gasteiger partial charge >= 0.3 is 6.01 Å².